The summed E-state index contributed by atoms with van der Waals surface area (Å²) in [6.45, 7) is 5.46. The van der Waals surface area contributed by atoms with Gasteiger partial charge in [-0.05, 0) is 32.9 Å². The topological polar surface area (TPSA) is 112 Å². The lowest BCUT2D eigenvalue weighted by Gasteiger charge is -2.16. The first-order valence-electron chi connectivity index (χ1n) is 6.87. The molecule has 0 aromatic carbocycles. The summed E-state index contributed by atoms with van der Waals surface area (Å²) in [5, 5.41) is 14.6. The van der Waals surface area contributed by atoms with E-state index in [0.29, 0.717) is 11.5 Å². The van der Waals surface area contributed by atoms with E-state index in [4.69, 9.17) is 4.84 Å². The average Bonchev–Trinajstić information content (AvgIpc) is 2.96. The second-order valence-corrected chi connectivity index (χ2v) is 5.85. The largest absolute Gasteiger partial charge is 0.370 e. The summed E-state index contributed by atoms with van der Waals surface area (Å²) in [6.07, 6.45) is 2.43. The quantitative estimate of drug-likeness (QED) is 0.660. The van der Waals surface area contributed by atoms with E-state index in [1.807, 2.05) is 0 Å². The summed E-state index contributed by atoms with van der Waals surface area (Å²) < 4.78 is 1.31. The first-order chi connectivity index (χ1) is 10.8. The van der Waals surface area contributed by atoms with Crippen molar-refractivity contribution in [3.63, 3.8) is 0 Å². The molecule has 0 saturated carbocycles. The maximum absolute atomic E-state index is 11.6. The Labute approximate surface area is 132 Å². The molecule has 0 aliphatic carbocycles. The number of pyridine rings is 1. The van der Waals surface area contributed by atoms with Crippen molar-refractivity contribution >= 4 is 11.7 Å². The highest BCUT2D eigenvalue weighted by molar-refractivity contribution is 5.75. The van der Waals surface area contributed by atoms with Crippen molar-refractivity contribution in [1.82, 2.24) is 20.2 Å². The van der Waals surface area contributed by atoms with Gasteiger partial charge in [-0.2, -0.15) is 5.10 Å². The van der Waals surface area contributed by atoms with Gasteiger partial charge in [0.25, 0.3) is 0 Å². The fourth-order valence-corrected chi connectivity index (χ4v) is 1.55. The molecule has 2 aromatic rings. The predicted octanol–water partition coefficient (Wildman–Crippen LogP) is 1.77. The van der Waals surface area contributed by atoms with Crippen LogP contribution in [0.2, 0.25) is 0 Å². The first kappa shape index (κ1) is 16.6. The molecule has 23 heavy (non-hydrogen) atoms. The third-order valence-corrected chi connectivity index (χ3v) is 2.84. The van der Waals surface area contributed by atoms with Crippen LogP contribution in [0.1, 0.15) is 26.5 Å². The SMILES string of the molecule is CC(C)(C)C(=O)ONCc1cccc(-n2cc([N+](=O)[O-])cn2)n1. The van der Waals surface area contributed by atoms with Gasteiger partial charge in [0.1, 0.15) is 12.4 Å². The molecule has 0 unspecified atom stereocenters. The molecule has 9 heteroatoms. The van der Waals surface area contributed by atoms with E-state index in [-0.39, 0.29) is 18.2 Å². The molecule has 0 spiro atoms. The minimum Gasteiger partial charge on any atom is -0.370 e. The zero-order chi connectivity index (χ0) is 17.0. The zero-order valence-corrected chi connectivity index (χ0v) is 13.0. The van der Waals surface area contributed by atoms with Gasteiger partial charge in [-0.15, -0.1) is 5.48 Å². The second kappa shape index (κ2) is 6.53. The molecular formula is C14H17N5O4. The Bertz CT molecular complexity index is 720. The number of aromatic nitrogens is 3. The summed E-state index contributed by atoms with van der Waals surface area (Å²) in [5.41, 5.74) is 2.44. The van der Waals surface area contributed by atoms with Crippen molar-refractivity contribution in [3.05, 3.63) is 46.4 Å². The van der Waals surface area contributed by atoms with Crippen LogP contribution in [0, 0.1) is 15.5 Å². The molecular weight excluding hydrogens is 302 g/mol. The molecule has 0 amide bonds. The third kappa shape index (κ3) is 4.33. The zero-order valence-electron chi connectivity index (χ0n) is 13.0. The number of carbonyl (C=O) groups is 1. The van der Waals surface area contributed by atoms with Crippen LogP contribution in [0.15, 0.2) is 30.6 Å². The number of hydroxylamine groups is 1. The lowest BCUT2D eigenvalue weighted by atomic mass is 9.98. The van der Waals surface area contributed by atoms with Crippen molar-refractivity contribution in [2.24, 2.45) is 5.41 Å². The molecule has 0 fully saturated rings. The average molecular weight is 319 g/mol. The Hall–Kier alpha value is -2.81. The van der Waals surface area contributed by atoms with Crippen LogP contribution >= 0.6 is 0 Å². The van der Waals surface area contributed by atoms with E-state index < -0.39 is 10.3 Å². The molecule has 0 aliphatic heterocycles. The number of carbonyl (C=O) groups excluding carboxylic acids is 1. The fraction of sp³-hybridized carbons (Fsp3) is 0.357. The van der Waals surface area contributed by atoms with Gasteiger partial charge in [-0.25, -0.2) is 14.5 Å². The molecule has 2 heterocycles. The van der Waals surface area contributed by atoms with Gasteiger partial charge in [-0.3, -0.25) is 10.1 Å². The molecule has 0 aliphatic rings. The molecule has 0 bridgehead atoms. The van der Waals surface area contributed by atoms with Gasteiger partial charge in [0.05, 0.1) is 22.6 Å². The van der Waals surface area contributed by atoms with Crippen molar-refractivity contribution in [3.8, 4) is 5.82 Å². The molecule has 2 rings (SSSR count). The van der Waals surface area contributed by atoms with E-state index in [1.165, 1.54) is 10.9 Å². The summed E-state index contributed by atoms with van der Waals surface area (Å²) in [5.74, 6) is 0.0518. The van der Waals surface area contributed by atoms with Crippen molar-refractivity contribution < 1.29 is 14.6 Å². The van der Waals surface area contributed by atoms with E-state index in [1.54, 1.807) is 39.0 Å². The Morgan fingerprint density at radius 1 is 1.43 bits per heavy atom. The van der Waals surface area contributed by atoms with Crippen molar-refractivity contribution in [2.45, 2.75) is 27.3 Å². The molecule has 0 radical (unpaired) electrons. The Kier molecular flexibility index (Phi) is 4.70. The van der Waals surface area contributed by atoms with E-state index in [0.717, 1.165) is 6.20 Å². The van der Waals surface area contributed by atoms with E-state index in [2.05, 4.69) is 15.6 Å². The monoisotopic (exact) mass is 319 g/mol. The normalized spacial score (nSPS) is 11.3. The second-order valence-electron chi connectivity index (χ2n) is 5.85. The minimum absolute atomic E-state index is 0.116. The number of nitro groups is 1. The van der Waals surface area contributed by atoms with Crippen LogP contribution in [0.4, 0.5) is 5.69 Å². The van der Waals surface area contributed by atoms with Crippen LogP contribution in [-0.4, -0.2) is 25.7 Å². The van der Waals surface area contributed by atoms with Crippen LogP contribution in [0.3, 0.4) is 0 Å². The van der Waals surface area contributed by atoms with Gasteiger partial charge >= 0.3 is 11.7 Å². The summed E-state index contributed by atoms with van der Waals surface area (Å²) in [7, 11) is 0. The lowest BCUT2D eigenvalue weighted by Crippen LogP contribution is -2.29. The molecule has 0 atom stereocenters. The molecule has 9 nitrogen and oxygen atoms in total. The Balaban J connectivity index is 2.02. The van der Waals surface area contributed by atoms with Crippen molar-refractivity contribution in [2.75, 3.05) is 0 Å². The van der Waals surface area contributed by atoms with E-state index >= 15 is 0 Å². The summed E-state index contributed by atoms with van der Waals surface area (Å²) >= 11 is 0. The molecule has 1 N–H and O–H groups in total. The minimum atomic E-state index is -0.601. The molecule has 0 saturated heterocycles. The number of hydrogen-bond donors (Lipinski definition) is 1. The maximum Gasteiger partial charge on any atom is 0.329 e. The fourth-order valence-electron chi connectivity index (χ4n) is 1.55. The van der Waals surface area contributed by atoms with Gasteiger partial charge in [0, 0.05) is 0 Å². The Morgan fingerprint density at radius 3 is 2.78 bits per heavy atom. The number of nitrogens with one attached hydrogen (secondary N) is 1. The summed E-state index contributed by atoms with van der Waals surface area (Å²) in [4.78, 5) is 31.0. The van der Waals surface area contributed by atoms with Gasteiger partial charge < -0.3 is 4.84 Å². The number of hydrogen-bond acceptors (Lipinski definition) is 7. The van der Waals surface area contributed by atoms with E-state index in [9.17, 15) is 14.9 Å². The highest BCUT2D eigenvalue weighted by Gasteiger charge is 2.23. The van der Waals surface area contributed by atoms with Crippen LogP contribution < -0.4 is 5.48 Å². The molecule has 2 aromatic heterocycles. The standard InChI is InChI=1S/C14H17N5O4/c1-14(2,3)13(20)23-16-7-10-5-4-6-12(17-10)18-9-11(8-15-18)19(21)22/h4-6,8-9,16H,7H2,1-3H3. The Morgan fingerprint density at radius 2 is 2.17 bits per heavy atom. The van der Waals surface area contributed by atoms with Gasteiger partial charge in [0.2, 0.25) is 0 Å². The predicted molar refractivity (Wildman–Crippen MR) is 80.4 cm³/mol. The van der Waals surface area contributed by atoms with Gasteiger partial charge in [-0.1, -0.05) is 6.07 Å². The van der Waals surface area contributed by atoms with Gasteiger partial charge in [0.15, 0.2) is 5.82 Å². The highest BCUT2D eigenvalue weighted by Crippen LogP contribution is 2.15. The number of nitrogens with zero attached hydrogens (tertiary/aromatic N) is 4. The van der Waals surface area contributed by atoms with Crippen molar-refractivity contribution in [1.29, 1.82) is 0 Å². The maximum atomic E-state index is 11.6. The highest BCUT2D eigenvalue weighted by atomic mass is 16.7. The third-order valence-electron chi connectivity index (χ3n) is 2.84. The first-order valence-corrected chi connectivity index (χ1v) is 6.87. The van der Waals surface area contributed by atoms with Crippen LogP contribution in [0.5, 0.6) is 0 Å². The molecule has 122 valence electrons. The smallest absolute Gasteiger partial charge is 0.329 e. The lowest BCUT2D eigenvalue weighted by molar-refractivity contribution is -0.384. The van der Waals surface area contributed by atoms with Crippen LogP contribution in [-0.2, 0) is 16.2 Å². The van der Waals surface area contributed by atoms with Crippen LogP contribution in [0.25, 0.3) is 5.82 Å². The number of rotatable bonds is 5. The summed E-state index contributed by atoms with van der Waals surface area (Å²) in [6, 6.07) is 5.14.